The second-order valence-corrected chi connectivity index (χ2v) is 5.86. The highest BCUT2D eigenvalue weighted by molar-refractivity contribution is 7.90. The van der Waals surface area contributed by atoms with Gasteiger partial charge in [-0.15, -0.1) is 0 Å². The molecular weight excluding hydrogens is 264 g/mol. The molecule has 0 N–H and O–H groups in total. The lowest BCUT2D eigenvalue weighted by Gasteiger charge is -1.99. The van der Waals surface area contributed by atoms with E-state index in [0.29, 0.717) is 5.69 Å². The second kappa shape index (κ2) is 5.37. The van der Waals surface area contributed by atoms with Gasteiger partial charge in [-0.1, -0.05) is 11.6 Å². The predicted octanol–water partition coefficient (Wildman–Crippen LogP) is 2.33. The number of carbonyl (C=O) groups excluding carboxylic acids is 1. The zero-order valence-corrected chi connectivity index (χ0v) is 10.9. The van der Waals surface area contributed by atoms with E-state index in [2.05, 4.69) is 10.2 Å². The lowest BCUT2D eigenvalue weighted by atomic mass is 10.3. The maximum atomic E-state index is 11.2. The van der Waals surface area contributed by atoms with Crippen molar-refractivity contribution in [1.82, 2.24) is 0 Å². The van der Waals surface area contributed by atoms with E-state index in [1.165, 1.54) is 31.2 Å². The minimum Gasteiger partial charge on any atom is -0.296 e. The summed E-state index contributed by atoms with van der Waals surface area (Å²) >= 11 is 5.56. The molecule has 0 fully saturated rings. The Bertz CT molecular complexity index is 537. The van der Waals surface area contributed by atoms with Gasteiger partial charge in [0.15, 0.2) is 15.6 Å². The van der Waals surface area contributed by atoms with E-state index in [1.54, 1.807) is 0 Å². The van der Waals surface area contributed by atoms with Crippen LogP contribution in [-0.4, -0.2) is 26.0 Å². The molecule has 0 heterocycles. The quantitative estimate of drug-likeness (QED) is 0.480. The van der Waals surface area contributed by atoms with Crippen molar-refractivity contribution in [3.05, 3.63) is 24.3 Å². The van der Waals surface area contributed by atoms with Crippen LogP contribution in [0.3, 0.4) is 0 Å². The molecule has 1 unspecified atom stereocenters. The van der Waals surface area contributed by atoms with Crippen LogP contribution in [0.2, 0.25) is 0 Å². The molecule has 0 amide bonds. The van der Waals surface area contributed by atoms with Gasteiger partial charge in [-0.2, -0.15) is 10.2 Å². The molecule has 0 aromatic heterocycles. The Morgan fingerprint density at radius 3 is 2.24 bits per heavy atom. The molecule has 0 saturated carbocycles. The van der Waals surface area contributed by atoms with Crippen LogP contribution >= 0.6 is 11.6 Å². The van der Waals surface area contributed by atoms with E-state index in [4.69, 9.17) is 11.6 Å². The smallest absolute Gasteiger partial charge is 0.202 e. The van der Waals surface area contributed by atoms with Gasteiger partial charge in [0, 0.05) is 6.26 Å². The first-order chi connectivity index (χ1) is 7.80. The van der Waals surface area contributed by atoms with Gasteiger partial charge in [-0.3, -0.25) is 4.79 Å². The van der Waals surface area contributed by atoms with Crippen LogP contribution in [0.25, 0.3) is 0 Å². The first-order valence-electron chi connectivity index (χ1n) is 4.66. The highest BCUT2D eigenvalue weighted by Crippen LogP contribution is 2.17. The number of benzene rings is 1. The number of hydrogen-bond donors (Lipinski definition) is 0. The van der Waals surface area contributed by atoms with E-state index >= 15 is 0 Å². The number of sulfone groups is 1. The van der Waals surface area contributed by atoms with Gasteiger partial charge in [0.05, 0.1) is 10.6 Å². The van der Waals surface area contributed by atoms with Crippen molar-refractivity contribution < 1.29 is 13.2 Å². The standard InChI is InChI=1S/C10H11ClN2O3S/c1-7(14)10(11)13-12-8-3-5-9(6-4-8)17(2,15)16/h3-6,10H,1-2H3. The molecule has 0 spiro atoms. The minimum absolute atomic E-state index is 0.199. The summed E-state index contributed by atoms with van der Waals surface area (Å²) in [5.41, 5.74) is -0.575. The molecule has 0 saturated heterocycles. The molecule has 1 rings (SSSR count). The summed E-state index contributed by atoms with van der Waals surface area (Å²) in [7, 11) is -3.22. The van der Waals surface area contributed by atoms with Crippen molar-refractivity contribution in [3.63, 3.8) is 0 Å². The Balaban J connectivity index is 2.86. The summed E-state index contributed by atoms with van der Waals surface area (Å²) in [4.78, 5) is 11.0. The summed E-state index contributed by atoms with van der Waals surface area (Å²) in [6.07, 6.45) is 1.12. The SMILES string of the molecule is CC(=O)C(Cl)N=Nc1ccc(S(C)(=O)=O)cc1. The zero-order valence-electron chi connectivity index (χ0n) is 9.29. The molecule has 0 radical (unpaired) electrons. The molecular formula is C10H11ClN2O3S. The number of alkyl halides is 1. The lowest BCUT2D eigenvalue weighted by Crippen LogP contribution is -2.04. The fourth-order valence-electron chi connectivity index (χ4n) is 0.959. The summed E-state index contributed by atoms with van der Waals surface area (Å²) in [6.45, 7) is 1.31. The van der Waals surface area contributed by atoms with E-state index in [0.717, 1.165) is 6.26 Å². The van der Waals surface area contributed by atoms with Gasteiger partial charge in [-0.05, 0) is 31.2 Å². The highest BCUT2D eigenvalue weighted by Gasteiger charge is 2.08. The van der Waals surface area contributed by atoms with Gasteiger partial charge >= 0.3 is 0 Å². The van der Waals surface area contributed by atoms with Crippen LogP contribution in [0.4, 0.5) is 5.69 Å². The number of halogens is 1. The highest BCUT2D eigenvalue weighted by atomic mass is 35.5. The average Bonchev–Trinajstić information content (AvgIpc) is 2.25. The number of carbonyl (C=O) groups is 1. The molecule has 5 nitrogen and oxygen atoms in total. The van der Waals surface area contributed by atoms with E-state index in [-0.39, 0.29) is 10.7 Å². The molecule has 1 atom stereocenters. The number of ketones is 1. The van der Waals surface area contributed by atoms with Crippen LogP contribution in [0.15, 0.2) is 39.4 Å². The number of Topliss-reactive ketones (excluding diaryl/α,β-unsaturated/α-hetero) is 1. The third-order valence-electron chi connectivity index (χ3n) is 1.87. The Labute approximate surface area is 104 Å². The zero-order chi connectivity index (χ0) is 13.1. The number of nitrogens with zero attached hydrogens (tertiary/aromatic N) is 2. The van der Waals surface area contributed by atoms with Crippen LogP contribution in [0.1, 0.15) is 6.92 Å². The maximum Gasteiger partial charge on any atom is 0.202 e. The predicted molar refractivity (Wildman–Crippen MR) is 64.4 cm³/mol. The monoisotopic (exact) mass is 274 g/mol. The molecule has 92 valence electrons. The molecule has 0 bridgehead atoms. The third-order valence-corrected chi connectivity index (χ3v) is 3.40. The van der Waals surface area contributed by atoms with Crippen molar-refractivity contribution in [3.8, 4) is 0 Å². The fraction of sp³-hybridized carbons (Fsp3) is 0.300. The van der Waals surface area contributed by atoms with Crippen LogP contribution in [0.5, 0.6) is 0 Å². The number of hydrogen-bond acceptors (Lipinski definition) is 5. The van der Waals surface area contributed by atoms with Crippen molar-refractivity contribution >= 4 is 32.9 Å². The molecule has 0 aliphatic rings. The third kappa shape index (κ3) is 4.24. The Morgan fingerprint density at radius 1 is 1.29 bits per heavy atom. The average molecular weight is 275 g/mol. The molecule has 0 aliphatic heterocycles. The normalized spacial score (nSPS) is 13.8. The number of azo groups is 1. The molecule has 17 heavy (non-hydrogen) atoms. The van der Waals surface area contributed by atoms with Crippen molar-refractivity contribution in [1.29, 1.82) is 0 Å². The van der Waals surface area contributed by atoms with Crippen molar-refractivity contribution in [2.45, 2.75) is 17.3 Å². The topological polar surface area (TPSA) is 75.9 Å². The van der Waals surface area contributed by atoms with Gasteiger partial charge in [0.2, 0.25) is 5.50 Å². The lowest BCUT2D eigenvalue weighted by molar-refractivity contribution is -0.116. The summed E-state index contributed by atoms with van der Waals surface area (Å²) in [5.74, 6) is -0.303. The molecule has 0 aliphatic carbocycles. The Kier molecular flexibility index (Phi) is 4.36. The van der Waals surface area contributed by atoms with Crippen molar-refractivity contribution in [2.75, 3.05) is 6.26 Å². The van der Waals surface area contributed by atoms with E-state index < -0.39 is 15.3 Å². The van der Waals surface area contributed by atoms with E-state index in [1.807, 2.05) is 0 Å². The van der Waals surface area contributed by atoms with Crippen LogP contribution < -0.4 is 0 Å². The summed E-state index contributed by atoms with van der Waals surface area (Å²) in [6, 6.07) is 5.81. The van der Waals surface area contributed by atoms with Gasteiger partial charge in [0.1, 0.15) is 0 Å². The Morgan fingerprint density at radius 2 is 1.82 bits per heavy atom. The largest absolute Gasteiger partial charge is 0.296 e. The number of rotatable bonds is 4. The first-order valence-corrected chi connectivity index (χ1v) is 6.99. The van der Waals surface area contributed by atoms with E-state index in [9.17, 15) is 13.2 Å². The first kappa shape index (κ1) is 13.8. The van der Waals surface area contributed by atoms with Gasteiger partial charge in [-0.25, -0.2) is 8.42 Å². The molecule has 1 aromatic rings. The van der Waals surface area contributed by atoms with Gasteiger partial charge < -0.3 is 0 Å². The molecule has 7 heteroatoms. The van der Waals surface area contributed by atoms with Crippen molar-refractivity contribution in [2.24, 2.45) is 10.2 Å². The van der Waals surface area contributed by atoms with Crippen LogP contribution in [-0.2, 0) is 14.6 Å². The molecule has 1 aromatic carbocycles. The van der Waals surface area contributed by atoms with Crippen LogP contribution in [0, 0.1) is 0 Å². The minimum atomic E-state index is -3.22. The maximum absolute atomic E-state index is 11.2. The summed E-state index contributed by atoms with van der Waals surface area (Å²) in [5, 5.41) is 7.31. The summed E-state index contributed by atoms with van der Waals surface area (Å²) < 4.78 is 22.4. The fourth-order valence-corrected chi connectivity index (χ4v) is 1.63. The second-order valence-electron chi connectivity index (χ2n) is 3.43. The van der Waals surface area contributed by atoms with Gasteiger partial charge in [0.25, 0.3) is 0 Å². The Hall–Kier alpha value is -1.27.